The highest BCUT2D eigenvalue weighted by molar-refractivity contribution is 5.62. The summed E-state index contributed by atoms with van der Waals surface area (Å²) in [4.78, 5) is 18.5. The highest BCUT2D eigenvalue weighted by Gasteiger charge is 2.17. The van der Waals surface area contributed by atoms with Gasteiger partial charge in [0.25, 0.3) is 0 Å². The fourth-order valence-corrected chi connectivity index (χ4v) is 3.58. The van der Waals surface area contributed by atoms with Gasteiger partial charge < -0.3 is 9.80 Å². The average Bonchev–Trinajstić information content (AvgIpc) is 2.79. The van der Waals surface area contributed by atoms with E-state index in [4.69, 9.17) is 9.97 Å². The molecule has 0 radical (unpaired) electrons. The molecule has 5 heteroatoms. The highest BCUT2D eigenvalue weighted by Crippen LogP contribution is 2.26. The van der Waals surface area contributed by atoms with Gasteiger partial charge in [-0.1, -0.05) is 30.3 Å². The van der Waals surface area contributed by atoms with Crippen molar-refractivity contribution in [2.75, 3.05) is 36.5 Å². The van der Waals surface area contributed by atoms with Crippen LogP contribution in [0.15, 0.2) is 60.9 Å². The molecule has 0 atom stereocenters. The van der Waals surface area contributed by atoms with Crippen LogP contribution in [-0.2, 0) is 6.42 Å². The van der Waals surface area contributed by atoms with Gasteiger partial charge in [0.2, 0.25) is 0 Å². The van der Waals surface area contributed by atoms with Crippen LogP contribution in [0.25, 0.3) is 11.4 Å². The summed E-state index contributed by atoms with van der Waals surface area (Å²) in [7, 11) is 2.11. The van der Waals surface area contributed by atoms with Crippen molar-refractivity contribution in [2.45, 2.75) is 25.7 Å². The number of rotatable bonds is 6. The molecule has 144 valence electrons. The van der Waals surface area contributed by atoms with Crippen LogP contribution in [0.2, 0.25) is 0 Å². The lowest BCUT2D eigenvalue weighted by Gasteiger charge is -2.29. The summed E-state index contributed by atoms with van der Waals surface area (Å²) in [6, 6.07) is 16.6. The lowest BCUT2D eigenvalue weighted by Crippen LogP contribution is -2.31. The fraction of sp³-hybridized carbons (Fsp3) is 0.348. The Morgan fingerprint density at radius 1 is 0.929 bits per heavy atom. The first-order valence-electron chi connectivity index (χ1n) is 10.1. The maximum Gasteiger partial charge on any atom is 0.163 e. The summed E-state index contributed by atoms with van der Waals surface area (Å²) in [6.45, 7) is 3.05. The summed E-state index contributed by atoms with van der Waals surface area (Å²) < 4.78 is 0. The normalized spacial score (nSPS) is 14.1. The molecule has 3 heterocycles. The fourth-order valence-electron chi connectivity index (χ4n) is 3.58. The van der Waals surface area contributed by atoms with E-state index in [1.54, 1.807) is 0 Å². The van der Waals surface area contributed by atoms with Crippen LogP contribution in [0.1, 0.15) is 24.8 Å². The monoisotopic (exact) mass is 373 g/mol. The van der Waals surface area contributed by atoms with Crippen LogP contribution in [0.3, 0.4) is 0 Å². The molecular formula is C23H27N5. The van der Waals surface area contributed by atoms with Crippen LogP contribution in [-0.4, -0.2) is 41.6 Å². The van der Waals surface area contributed by atoms with E-state index >= 15 is 0 Å². The van der Waals surface area contributed by atoms with Gasteiger partial charge >= 0.3 is 0 Å². The molecule has 1 aromatic carbocycles. The molecule has 1 saturated heterocycles. The Labute approximate surface area is 167 Å². The second-order valence-electron chi connectivity index (χ2n) is 7.35. The number of nitrogens with zero attached hydrogens (tertiary/aromatic N) is 5. The van der Waals surface area contributed by atoms with Crippen LogP contribution in [0.5, 0.6) is 0 Å². The minimum Gasteiger partial charge on any atom is -0.359 e. The van der Waals surface area contributed by atoms with Crippen molar-refractivity contribution >= 4 is 11.6 Å². The van der Waals surface area contributed by atoms with Gasteiger partial charge in [0.15, 0.2) is 5.82 Å². The zero-order chi connectivity index (χ0) is 19.2. The number of pyridine rings is 1. The summed E-state index contributed by atoms with van der Waals surface area (Å²) in [5.74, 6) is 2.82. The molecule has 2 aromatic heterocycles. The molecule has 5 nitrogen and oxygen atoms in total. The molecule has 0 unspecified atom stereocenters. The van der Waals surface area contributed by atoms with Crippen molar-refractivity contribution in [3.63, 3.8) is 0 Å². The van der Waals surface area contributed by atoms with E-state index < -0.39 is 0 Å². The number of hydrogen-bond donors (Lipinski definition) is 0. The topological polar surface area (TPSA) is 45.2 Å². The largest absolute Gasteiger partial charge is 0.359 e. The molecule has 0 aliphatic carbocycles. The van der Waals surface area contributed by atoms with Gasteiger partial charge in [-0.2, -0.15) is 0 Å². The van der Waals surface area contributed by atoms with E-state index in [1.165, 1.54) is 24.8 Å². The van der Waals surface area contributed by atoms with Crippen LogP contribution in [0, 0.1) is 0 Å². The van der Waals surface area contributed by atoms with Crippen molar-refractivity contribution < 1.29 is 0 Å². The molecule has 4 rings (SSSR count). The third-order valence-corrected chi connectivity index (χ3v) is 5.29. The molecule has 1 fully saturated rings. The Bertz CT molecular complexity index is 876. The van der Waals surface area contributed by atoms with E-state index in [-0.39, 0.29) is 0 Å². The quantitative estimate of drug-likeness (QED) is 0.648. The first-order chi connectivity index (χ1) is 13.8. The molecular weight excluding hydrogens is 346 g/mol. The van der Waals surface area contributed by atoms with Gasteiger partial charge in [0, 0.05) is 50.7 Å². The number of anilines is 2. The molecule has 0 bridgehead atoms. The van der Waals surface area contributed by atoms with Crippen LogP contribution >= 0.6 is 0 Å². The number of likely N-dealkylation sites (N-methyl/N-ethyl adjacent to an activating group) is 1. The Balaban J connectivity index is 1.61. The highest BCUT2D eigenvalue weighted by atomic mass is 15.2. The molecule has 3 aromatic rings. The Hall–Kier alpha value is -2.95. The van der Waals surface area contributed by atoms with E-state index in [1.807, 2.05) is 30.6 Å². The first kappa shape index (κ1) is 18.4. The van der Waals surface area contributed by atoms with Crippen molar-refractivity contribution in [1.82, 2.24) is 15.0 Å². The Kier molecular flexibility index (Phi) is 5.80. The van der Waals surface area contributed by atoms with Crippen molar-refractivity contribution in [3.05, 3.63) is 66.5 Å². The predicted octanol–water partition coefficient (Wildman–Crippen LogP) is 4.21. The van der Waals surface area contributed by atoms with Crippen molar-refractivity contribution in [1.29, 1.82) is 0 Å². The van der Waals surface area contributed by atoms with Crippen molar-refractivity contribution in [3.8, 4) is 11.4 Å². The zero-order valence-electron chi connectivity index (χ0n) is 16.5. The molecule has 0 amide bonds. The predicted molar refractivity (Wildman–Crippen MR) is 115 cm³/mol. The van der Waals surface area contributed by atoms with Crippen LogP contribution in [0.4, 0.5) is 11.6 Å². The second kappa shape index (κ2) is 8.83. The maximum absolute atomic E-state index is 4.91. The van der Waals surface area contributed by atoms with E-state index in [0.29, 0.717) is 0 Å². The molecule has 28 heavy (non-hydrogen) atoms. The van der Waals surface area contributed by atoms with Crippen LogP contribution < -0.4 is 9.80 Å². The number of piperidine rings is 1. The third-order valence-electron chi connectivity index (χ3n) is 5.29. The zero-order valence-corrected chi connectivity index (χ0v) is 16.5. The number of benzene rings is 1. The third kappa shape index (κ3) is 4.47. The number of hydrogen-bond acceptors (Lipinski definition) is 5. The summed E-state index contributed by atoms with van der Waals surface area (Å²) in [5, 5.41) is 0. The second-order valence-corrected chi connectivity index (χ2v) is 7.35. The van der Waals surface area contributed by atoms with E-state index in [0.717, 1.165) is 49.1 Å². The molecule has 1 aliphatic rings. The molecule has 0 N–H and O–H groups in total. The Morgan fingerprint density at radius 3 is 2.43 bits per heavy atom. The van der Waals surface area contributed by atoms with Gasteiger partial charge in [-0.15, -0.1) is 0 Å². The SMILES string of the molecule is CN(CCc1ccncc1)c1cc(N2CCCCC2)nc(-c2ccccc2)n1. The molecule has 0 spiro atoms. The summed E-state index contributed by atoms with van der Waals surface area (Å²) in [6.07, 6.45) is 8.44. The molecule has 0 saturated carbocycles. The Morgan fingerprint density at radius 2 is 1.68 bits per heavy atom. The average molecular weight is 374 g/mol. The number of aromatic nitrogens is 3. The molecule has 1 aliphatic heterocycles. The smallest absolute Gasteiger partial charge is 0.163 e. The minimum absolute atomic E-state index is 0.800. The van der Waals surface area contributed by atoms with Crippen molar-refractivity contribution in [2.24, 2.45) is 0 Å². The van der Waals surface area contributed by atoms with Gasteiger partial charge in [-0.3, -0.25) is 4.98 Å². The van der Waals surface area contributed by atoms with Gasteiger partial charge in [0.1, 0.15) is 11.6 Å². The lowest BCUT2D eigenvalue weighted by molar-refractivity contribution is 0.573. The lowest BCUT2D eigenvalue weighted by atomic mass is 10.1. The summed E-state index contributed by atoms with van der Waals surface area (Å²) >= 11 is 0. The van der Waals surface area contributed by atoms with Gasteiger partial charge in [-0.05, 0) is 43.4 Å². The van der Waals surface area contributed by atoms with E-state index in [2.05, 4.69) is 52.2 Å². The van der Waals surface area contributed by atoms with Gasteiger partial charge in [-0.25, -0.2) is 9.97 Å². The van der Waals surface area contributed by atoms with E-state index in [9.17, 15) is 0 Å². The maximum atomic E-state index is 4.91. The minimum atomic E-state index is 0.800. The van der Waals surface area contributed by atoms with Gasteiger partial charge in [0.05, 0.1) is 0 Å². The summed E-state index contributed by atoms with van der Waals surface area (Å²) in [5.41, 5.74) is 2.35. The first-order valence-corrected chi connectivity index (χ1v) is 10.1. The standard InChI is InChI=1S/C23H27N5/c1-27(17-12-19-10-13-24-14-11-19)21-18-22(28-15-6-3-7-16-28)26-23(25-21)20-8-4-2-5-9-20/h2,4-5,8-11,13-14,18H,3,6-7,12,15-17H2,1H3.